The van der Waals surface area contributed by atoms with E-state index in [1.54, 1.807) is 0 Å². The average Bonchev–Trinajstić information content (AvgIpc) is 3.08. The van der Waals surface area contributed by atoms with Gasteiger partial charge in [0, 0.05) is 48.5 Å². The van der Waals surface area contributed by atoms with Crippen molar-refractivity contribution in [2.24, 2.45) is 0 Å². The van der Waals surface area contributed by atoms with E-state index in [-0.39, 0.29) is 11.8 Å². The van der Waals surface area contributed by atoms with E-state index in [0.29, 0.717) is 19.6 Å². The number of benzene rings is 1. The summed E-state index contributed by atoms with van der Waals surface area (Å²) in [5.74, 6) is 1.78. The van der Waals surface area contributed by atoms with E-state index >= 15 is 0 Å². The summed E-state index contributed by atoms with van der Waals surface area (Å²) < 4.78 is 7.51. The van der Waals surface area contributed by atoms with Crippen molar-refractivity contribution in [3.05, 3.63) is 47.2 Å². The van der Waals surface area contributed by atoms with E-state index in [4.69, 9.17) is 14.8 Å². The lowest BCUT2D eigenvalue weighted by atomic mass is 9.85. The van der Waals surface area contributed by atoms with Crippen molar-refractivity contribution >= 4 is 28.4 Å². The Morgan fingerprint density at radius 1 is 1.23 bits per heavy atom. The number of fused-ring (bicyclic) bond motifs is 2. The van der Waals surface area contributed by atoms with Crippen LogP contribution in [0.1, 0.15) is 42.5 Å². The van der Waals surface area contributed by atoms with Gasteiger partial charge in [0.2, 0.25) is 5.91 Å². The zero-order valence-corrected chi connectivity index (χ0v) is 17.5. The van der Waals surface area contributed by atoms with Crippen LogP contribution in [-0.4, -0.2) is 47.0 Å². The quantitative estimate of drug-likeness (QED) is 0.720. The van der Waals surface area contributed by atoms with Crippen LogP contribution < -0.4 is 10.2 Å². The minimum Gasteiger partial charge on any atom is -0.378 e. The van der Waals surface area contributed by atoms with Gasteiger partial charge in [-0.15, -0.1) is 0 Å². The van der Waals surface area contributed by atoms with Crippen molar-refractivity contribution in [1.29, 1.82) is 0 Å². The molecule has 3 aromatic rings. The number of morpholine rings is 1. The van der Waals surface area contributed by atoms with Crippen molar-refractivity contribution < 1.29 is 9.53 Å². The summed E-state index contributed by atoms with van der Waals surface area (Å²) in [6.45, 7) is 7.94. The van der Waals surface area contributed by atoms with Crippen molar-refractivity contribution in [1.82, 2.24) is 14.8 Å². The number of aryl methyl sites for hydroxylation is 2. The first kappa shape index (κ1) is 19.1. The highest BCUT2D eigenvalue weighted by Gasteiger charge is 2.35. The predicted molar refractivity (Wildman–Crippen MR) is 117 cm³/mol. The molecule has 7 nitrogen and oxygen atoms in total. The van der Waals surface area contributed by atoms with Crippen LogP contribution in [0.2, 0.25) is 0 Å². The molecule has 0 saturated carbocycles. The van der Waals surface area contributed by atoms with Gasteiger partial charge in [0.25, 0.3) is 0 Å². The monoisotopic (exact) mass is 405 g/mol. The molecule has 1 amide bonds. The van der Waals surface area contributed by atoms with Crippen LogP contribution >= 0.6 is 0 Å². The van der Waals surface area contributed by atoms with Gasteiger partial charge in [-0.3, -0.25) is 4.79 Å². The van der Waals surface area contributed by atoms with Gasteiger partial charge in [0.05, 0.1) is 24.4 Å². The Kier molecular flexibility index (Phi) is 4.90. The summed E-state index contributed by atoms with van der Waals surface area (Å²) in [5.41, 5.74) is 4.17. The molecule has 1 aromatic carbocycles. The number of pyridine rings is 1. The normalized spacial score (nSPS) is 19.1. The Morgan fingerprint density at radius 3 is 2.83 bits per heavy atom. The largest absolute Gasteiger partial charge is 0.378 e. The maximum absolute atomic E-state index is 12.7. The van der Waals surface area contributed by atoms with Crippen LogP contribution in [-0.2, 0) is 16.1 Å². The summed E-state index contributed by atoms with van der Waals surface area (Å²) in [6.07, 6.45) is 1.37. The number of rotatable bonds is 4. The topological polar surface area (TPSA) is 72.3 Å². The van der Waals surface area contributed by atoms with Crippen LogP contribution in [0.4, 0.5) is 11.6 Å². The Morgan fingerprint density at radius 2 is 2.03 bits per heavy atom. The summed E-state index contributed by atoms with van der Waals surface area (Å²) >= 11 is 0. The molecular weight excluding hydrogens is 378 g/mol. The van der Waals surface area contributed by atoms with Crippen molar-refractivity contribution in [3.8, 4) is 0 Å². The molecule has 7 heteroatoms. The third-order valence-corrected chi connectivity index (χ3v) is 6.02. The molecule has 1 atom stereocenters. The van der Waals surface area contributed by atoms with Gasteiger partial charge in [-0.2, -0.15) is 5.10 Å². The Balaban J connectivity index is 1.70. The smallest absolute Gasteiger partial charge is 0.226 e. The molecule has 1 N–H and O–H groups in total. The molecule has 0 radical (unpaired) electrons. The van der Waals surface area contributed by atoms with Crippen molar-refractivity contribution in [2.75, 3.05) is 36.5 Å². The first-order chi connectivity index (χ1) is 14.7. The molecule has 2 aliphatic rings. The summed E-state index contributed by atoms with van der Waals surface area (Å²) in [7, 11) is 0. The summed E-state index contributed by atoms with van der Waals surface area (Å²) in [6, 6.07) is 10.4. The van der Waals surface area contributed by atoms with Crippen LogP contribution in [0.5, 0.6) is 0 Å². The average molecular weight is 406 g/mol. The lowest BCUT2D eigenvalue weighted by Gasteiger charge is -2.33. The molecule has 4 heterocycles. The molecule has 0 bridgehead atoms. The second kappa shape index (κ2) is 7.72. The van der Waals surface area contributed by atoms with Crippen LogP contribution in [0, 0.1) is 6.92 Å². The fraction of sp³-hybridized carbons (Fsp3) is 0.435. The van der Waals surface area contributed by atoms with E-state index in [0.717, 1.165) is 65.4 Å². The first-order valence-electron chi connectivity index (χ1n) is 10.7. The molecule has 30 heavy (non-hydrogen) atoms. The third kappa shape index (κ3) is 3.23. The van der Waals surface area contributed by atoms with E-state index in [2.05, 4.69) is 29.3 Å². The lowest BCUT2D eigenvalue weighted by Crippen LogP contribution is -2.38. The number of amides is 1. The zero-order valence-electron chi connectivity index (χ0n) is 17.5. The zero-order chi connectivity index (χ0) is 20.7. The second-order valence-electron chi connectivity index (χ2n) is 8.07. The minimum absolute atomic E-state index is 0.0332. The van der Waals surface area contributed by atoms with Crippen molar-refractivity contribution in [3.63, 3.8) is 0 Å². The van der Waals surface area contributed by atoms with Crippen LogP contribution in [0.25, 0.3) is 10.9 Å². The fourth-order valence-electron chi connectivity index (χ4n) is 4.66. The molecular formula is C23H27N5O2. The molecule has 2 aliphatic heterocycles. The standard InChI is InChI=1S/C23H27N5O2/c1-3-8-28-23-21(15(2)26-28)17(14-20(29)25-23)18-13-16-6-4-5-7-19(16)24-22(18)27-9-11-30-12-10-27/h4-7,13,17H,3,8-12,14H2,1-2H3,(H,25,29). The SMILES string of the molecule is CCCn1nc(C)c2c1NC(=O)CC2c1cc2ccccc2nc1N1CCOCC1. The van der Waals surface area contributed by atoms with Gasteiger partial charge in [-0.05, 0) is 25.5 Å². The van der Waals surface area contributed by atoms with Gasteiger partial charge < -0.3 is 15.0 Å². The highest BCUT2D eigenvalue weighted by molar-refractivity contribution is 5.95. The van der Waals surface area contributed by atoms with E-state index < -0.39 is 0 Å². The van der Waals surface area contributed by atoms with Gasteiger partial charge in [-0.25, -0.2) is 9.67 Å². The Labute approximate surface area is 176 Å². The third-order valence-electron chi connectivity index (χ3n) is 6.02. The van der Waals surface area contributed by atoms with Gasteiger partial charge in [-0.1, -0.05) is 25.1 Å². The van der Waals surface area contributed by atoms with Crippen molar-refractivity contribution in [2.45, 2.75) is 39.2 Å². The highest BCUT2D eigenvalue weighted by Crippen LogP contribution is 2.43. The lowest BCUT2D eigenvalue weighted by molar-refractivity contribution is -0.116. The van der Waals surface area contributed by atoms with Gasteiger partial charge in [0.15, 0.2) is 0 Å². The Bertz CT molecular complexity index is 1100. The number of carbonyl (C=O) groups excluding carboxylic acids is 1. The van der Waals surface area contributed by atoms with E-state index in [1.807, 2.05) is 29.8 Å². The molecule has 2 aromatic heterocycles. The van der Waals surface area contributed by atoms with Crippen LogP contribution in [0.15, 0.2) is 30.3 Å². The molecule has 1 saturated heterocycles. The molecule has 0 aliphatic carbocycles. The van der Waals surface area contributed by atoms with Gasteiger partial charge in [0.1, 0.15) is 11.6 Å². The van der Waals surface area contributed by atoms with E-state index in [1.165, 1.54) is 0 Å². The summed E-state index contributed by atoms with van der Waals surface area (Å²) in [4.78, 5) is 20.1. The highest BCUT2D eigenvalue weighted by atomic mass is 16.5. The second-order valence-corrected chi connectivity index (χ2v) is 8.07. The fourth-order valence-corrected chi connectivity index (χ4v) is 4.66. The maximum atomic E-state index is 12.7. The number of aromatic nitrogens is 3. The number of hydrogen-bond acceptors (Lipinski definition) is 5. The minimum atomic E-state index is -0.0608. The number of nitrogens with one attached hydrogen (secondary N) is 1. The molecule has 1 fully saturated rings. The number of ether oxygens (including phenoxy) is 1. The molecule has 5 rings (SSSR count). The Hall–Kier alpha value is -2.93. The van der Waals surface area contributed by atoms with Crippen LogP contribution in [0.3, 0.4) is 0 Å². The number of carbonyl (C=O) groups is 1. The predicted octanol–water partition coefficient (Wildman–Crippen LogP) is 3.46. The molecule has 1 unspecified atom stereocenters. The number of hydrogen-bond donors (Lipinski definition) is 1. The number of anilines is 2. The number of nitrogens with zero attached hydrogens (tertiary/aromatic N) is 4. The maximum Gasteiger partial charge on any atom is 0.226 e. The van der Waals surface area contributed by atoms with Gasteiger partial charge >= 0.3 is 0 Å². The summed E-state index contributed by atoms with van der Waals surface area (Å²) in [5, 5.41) is 8.92. The first-order valence-corrected chi connectivity index (χ1v) is 10.7. The molecule has 0 spiro atoms. The molecule has 156 valence electrons. The number of para-hydroxylation sites is 1. The van der Waals surface area contributed by atoms with E-state index in [9.17, 15) is 4.79 Å².